The van der Waals surface area contributed by atoms with Crippen molar-refractivity contribution in [3.8, 4) is 0 Å². The molecule has 0 amide bonds. The van der Waals surface area contributed by atoms with Gasteiger partial charge in [0.2, 0.25) is 0 Å². The average Bonchev–Trinajstić information content (AvgIpc) is 3.48. The molecule has 2 heterocycles. The van der Waals surface area contributed by atoms with Gasteiger partial charge in [-0.1, -0.05) is 107 Å². The summed E-state index contributed by atoms with van der Waals surface area (Å²) in [7, 11) is 0. The normalized spacial score (nSPS) is 16.2. The van der Waals surface area contributed by atoms with E-state index in [1.54, 1.807) is 11.3 Å². The smallest absolute Gasteiger partial charge is 0.187 e. The summed E-state index contributed by atoms with van der Waals surface area (Å²) in [4.78, 5) is 8.31. The molecule has 0 radical (unpaired) electrons. The Labute approximate surface area is 224 Å². The summed E-state index contributed by atoms with van der Waals surface area (Å²) in [6.07, 6.45) is 19.2. The highest BCUT2D eigenvalue weighted by molar-refractivity contribution is 7.15. The van der Waals surface area contributed by atoms with E-state index in [2.05, 4.69) is 89.9 Å². The van der Waals surface area contributed by atoms with E-state index in [1.165, 1.54) is 33.7 Å². The van der Waals surface area contributed by atoms with E-state index in [9.17, 15) is 0 Å². The number of hydrogen-bond donors (Lipinski definition) is 1. The molecule has 4 rings (SSSR count). The minimum atomic E-state index is 0.284. The molecule has 1 N–H and O–H groups in total. The maximum atomic E-state index is 4.61. The first kappa shape index (κ1) is 29.4. The lowest BCUT2D eigenvalue weighted by atomic mass is 10.1. The van der Waals surface area contributed by atoms with Crippen LogP contribution in [0, 0.1) is 6.92 Å². The van der Waals surface area contributed by atoms with E-state index in [0.29, 0.717) is 0 Å². The first-order chi connectivity index (χ1) is 17.6. The van der Waals surface area contributed by atoms with Gasteiger partial charge in [0.25, 0.3) is 0 Å². The molecule has 194 valence electrons. The zero-order valence-corrected chi connectivity index (χ0v) is 23.8. The van der Waals surface area contributed by atoms with Gasteiger partial charge in [-0.2, -0.15) is 0 Å². The van der Waals surface area contributed by atoms with Crippen LogP contribution in [0.5, 0.6) is 0 Å². The summed E-state index contributed by atoms with van der Waals surface area (Å²) >= 11 is 1.72. The molecule has 1 aliphatic heterocycles. The van der Waals surface area contributed by atoms with Gasteiger partial charge < -0.3 is 10.2 Å². The van der Waals surface area contributed by atoms with E-state index in [-0.39, 0.29) is 6.04 Å². The Bertz CT molecular complexity index is 1060. The van der Waals surface area contributed by atoms with Gasteiger partial charge in [-0.25, -0.2) is 4.98 Å². The lowest BCUT2D eigenvalue weighted by Gasteiger charge is -2.30. The van der Waals surface area contributed by atoms with Crippen LogP contribution < -0.4 is 5.32 Å². The Morgan fingerprint density at radius 1 is 1.17 bits per heavy atom. The topological polar surface area (TPSA) is 28.2 Å². The highest BCUT2D eigenvalue weighted by atomic mass is 32.1. The summed E-state index contributed by atoms with van der Waals surface area (Å²) in [5.41, 5.74) is 6.25. The quantitative estimate of drug-likeness (QED) is 0.369. The van der Waals surface area contributed by atoms with Gasteiger partial charge in [0.1, 0.15) is 0 Å². The number of allylic oxidation sites excluding steroid dienone is 7. The van der Waals surface area contributed by atoms with Crippen LogP contribution in [0.4, 0.5) is 5.13 Å². The van der Waals surface area contributed by atoms with Gasteiger partial charge in [0, 0.05) is 35.4 Å². The van der Waals surface area contributed by atoms with Crippen LogP contribution in [0.25, 0.3) is 0 Å². The minimum Gasteiger partial charge on any atom is -0.367 e. The van der Waals surface area contributed by atoms with Crippen molar-refractivity contribution >= 4 is 16.5 Å². The number of aryl methyl sites for hydroxylation is 1. The van der Waals surface area contributed by atoms with E-state index < -0.39 is 0 Å². The molecule has 0 spiro atoms. The van der Waals surface area contributed by atoms with E-state index >= 15 is 0 Å². The maximum Gasteiger partial charge on any atom is 0.187 e. The van der Waals surface area contributed by atoms with Crippen molar-refractivity contribution in [1.82, 2.24) is 9.88 Å². The van der Waals surface area contributed by atoms with Crippen LogP contribution in [0.15, 0.2) is 91.0 Å². The number of likely N-dealkylation sites (tertiary alicyclic amines) is 1. The summed E-state index contributed by atoms with van der Waals surface area (Å²) < 4.78 is 0. The number of rotatable bonds is 9. The Morgan fingerprint density at radius 3 is 2.75 bits per heavy atom. The van der Waals surface area contributed by atoms with Crippen LogP contribution in [-0.4, -0.2) is 22.5 Å². The van der Waals surface area contributed by atoms with Gasteiger partial charge in [-0.05, 0) is 44.6 Å². The molecule has 1 aliphatic carbocycles. The molecular formula is C32H45N3S. The van der Waals surface area contributed by atoms with Crippen molar-refractivity contribution in [1.29, 1.82) is 0 Å². The molecule has 0 bridgehead atoms. The van der Waals surface area contributed by atoms with Gasteiger partial charge in [-0.3, -0.25) is 0 Å². The SMILES string of the molecule is C=C(Nc1ncc(Cc2cccc(C)c2)s1)[C@@H]1CCCN1C(=C)CCC1=CCC=CC=C1.CC.CC. The number of nitrogens with zero attached hydrogens (tertiary/aromatic N) is 2. The van der Waals surface area contributed by atoms with E-state index in [4.69, 9.17) is 0 Å². The molecule has 3 nitrogen and oxygen atoms in total. The third-order valence-electron chi connectivity index (χ3n) is 6.12. The third-order valence-corrected chi connectivity index (χ3v) is 7.03. The predicted octanol–water partition coefficient (Wildman–Crippen LogP) is 9.22. The predicted molar refractivity (Wildman–Crippen MR) is 161 cm³/mol. The van der Waals surface area contributed by atoms with Crippen LogP contribution >= 0.6 is 11.3 Å². The lowest BCUT2D eigenvalue weighted by Crippen LogP contribution is -2.32. The number of anilines is 1. The second-order valence-corrected chi connectivity index (χ2v) is 9.78. The maximum absolute atomic E-state index is 4.61. The molecule has 1 aromatic heterocycles. The standard InChI is InChI=1S/C28H33N3S.2C2H6/c1-21-10-8-13-25(18-21)19-26-20-29-28(32-26)30-23(3)27-14-9-17-31(27)22(2)15-16-24-11-6-4-5-7-12-24;2*1-2/h4-6,8,10-13,18,20,27H,2-3,7,9,14-17,19H2,1H3,(H,29,30);2*1-2H3/t27-;;/m0../s1. The highest BCUT2D eigenvalue weighted by Crippen LogP contribution is 2.31. The Balaban J connectivity index is 0.00000109. The third kappa shape index (κ3) is 8.98. The monoisotopic (exact) mass is 503 g/mol. The number of thiazole rings is 1. The lowest BCUT2D eigenvalue weighted by molar-refractivity contribution is 0.344. The van der Waals surface area contributed by atoms with Crippen LogP contribution in [0.1, 0.15) is 75.8 Å². The molecule has 4 heteroatoms. The Morgan fingerprint density at radius 2 is 1.97 bits per heavy atom. The van der Waals surface area contributed by atoms with Crippen molar-refractivity contribution in [2.75, 3.05) is 11.9 Å². The Kier molecular flexibility index (Phi) is 13.1. The zero-order valence-electron chi connectivity index (χ0n) is 23.0. The van der Waals surface area contributed by atoms with Crippen molar-refractivity contribution in [3.05, 3.63) is 107 Å². The first-order valence-corrected chi connectivity index (χ1v) is 14.3. The number of aromatic nitrogens is 1. The molecule has 0 unspecified atom stereocenters. The van der Waals surface area contributed by atoms with Gasteiger partial charge in [0.05, 0.1) is 6.04 Å². The van der Waals surface area contributed by atoms with E-state index in [1.807, 2.05) is 33.9 Å². The summed E-state index contributed by atoms with van der Waals surface area (Å²) in [5.74, 6) is 0. The van der Waals surface area contributed by atoms with Crippen molar-refractivity contribution in [2.24, 2.45) is 0 Å². The van der Waals surface area contributed by atoms with Crippen LogP contribution in [-0.2, 0) is 6.42 Å². The van der Waals surface area contributed by atoms with Gasteiger partial charge >= 0.3 is 0 Å². The molecule has 36 heavy (non-hydrogen) atoms. The summed E-state index contributed by atoms with van der Waals surface area (Å²) in [6.45, 7) is 20.0. The molecule has 2 aliphatic rings. The highest BCUT2D eigenvalue weighted by Gasteiger charge is 2.28. The number of nitrogens with one attached hydrogen (secondary N) is 1. The molecular weight excluding hydrogens is 458 g/mol. The second kappa shape index (κ2) is 16.0. The molecule has 1 atom stereocenters. The number of hydrogen-bond acceptors (Lipinski definition) is 4. The Hall–Kier alpha value is -2.85. The van der Waals surface area contributed by atoms with E-state index in [0.717, 1.165) is 49.5 Å². The van der Waals surface area contributed by atoms with Gasteiger partial charge in [-0.15, -0.1) is 11.3 Å². The summed E-state index contributed by atoms with van der Waals surface area (Å²) in [5, 5.41) is 4.43. The largest absolute Gasteiger partial charge is 0.367 e. The van der Waals surface area contributed by atoms with Crippen molar-refractivity contribution < 1.29 is 0 Å². The number of benzene rings is 1. The fourth-order valence-corrected chi connectivity index (χ4v) is 5.32. The molecule has 1 saturated heterocycles. The first-order valence-electron chi connectivity index (χ1n) is 13.5. The summed E-state index contributed by atoms with van der Waals surface area (Å²) in [6, 6.07) is 8.96. The minimum absolute atomic E-state index is 0.284. The van der Waals surface area contributed by atoms with Crippen LogP contribution in [0.3, 0.4) is 0 Å². The molecule has 1 fully saturated rings. The fraction of sp³-hybridized carbons (Fsp3) is 0.406. The van der Waals surface area contributed by atoms with Crippen molar-refractivity contribution in [2.45, 2.75) is 79.2 Å². The zero-order chi connectivity index (χ0) is 26.3. The van der Waals surface area contributed by atoms with Crippen LogP contribution in [0.2, 0.25) is 0 Å². The fourth-order valence-electron chi connectivity index (χ4n) is 4.44. The molecule has 0 saturated carbocycles. The second-order valence-electron chi connectivity index (χ2n) is 8.67. The van der Waals surface area contributed by atoms with Crippen molar-refractivity contribution in [3.63, 3.8) is 0 Å². The molecule has 2 aromatic rings. The average molecular weight is 504 g/mol. The van der Waals surface area contributed by atoms with Gasteiger partial charge in [0.15, 0.2) is 5.13 Å². The molecule has 1 aromatic carbocycles.